The summed E-state index contributed by atoms with van der Waals surface area (Å²) >= 11 is 1.49. The van der Waals surface area contributed by atoms with E-state index in [0.29, 0.717) is 36.7 Å². The van der Waals surface area contributed by atoms with Crippen LogP contribution in [0.5, 0.6) is 0 Å². The minimum Gasteiger partial charge on any atom is -0.375 e. The third-order valence-electron chi connectivity index (χ3n) is 5.92. The predicted octanol–water partition coefficient (Wildman–Crippen LogP) is 3.63. The zero-order valence-electron chi connectivity index (χ0n) is 18.9. The van der Waals surface area contributed by atoms with Gasteiger partial charge in [0.2, 0.25) is 5.95 Å². The van der Waals surface area contributed by atoms with E-state index in [4.69, 9.17) is 4.98 Å². The van der Waals surface area contributed by atoms with Crippen molar-refractivity contribution in [3.8, 4) is 22.0 Å². The number of hydrogen-bond acceptors (Lipinski definition) is 8. The second-order valence-corrected chi connectivity index (χ2v) is 9.26. The van der Waals surface area contributed by atoms with Crippen LogP contribution in [0.4, 0.5) is 5.95 Å². The Balaban J connectivity index is 1.35. The zero-order valence-corrected chi connectivity index (χ0v) is 19.7. The summed E-state index contributed by atoms with van der Waals surface area (Å²) in [5.74, 6) is 0.230. The number of aromatic nitrogens is 4. The number of benzene rings is 1. The molecule has 1 amide bonds. The summed E-state index contributed by atoms with van der Waals surface area (Å²) in [7, 11) is 1.71. The van der Waals surface area contributed by atoms with E-state index in [2.05, 4.69) is 20.3 Å². The molecule has 172 valence electrons. The van der Waals surface area contributed by atoms with Gasteiger partial charge in [0.05, 0.1) is 17.9 Å². The lowest BCUT2D eigenvalue weighted by Gasteiger charge is -2.21. The molecule has 4 aromatic rings. The zero-order chi connectivity index (χ0) is 23.7. The average molecular weight is 473 g/mol. The number of carbonyl (C=O) groups is 1. The van der Waals surface area contributed by atoms with Crippen molar-refractivity contribution >= 4 is 23.2 Å². The van der Waals surface area contributed by atoms with E-state index >= 15 is 0 Å². The number of amides is 1. The van der Waals surface area contributed by atoms with Gasteiger partial charge in [-0.25, -0.2) is 15.0 Å². The van der Waals surface area contributed by atoms with E-state index in [9.17, 15) is 9.90 Å². The SMILES string of the molecule is Cc1ccc(CNc2nccc(-c3csc(-c4cccc([C@]5(O)CCN(C)C5=O)c4)n3)n2)nc1. The fraction of sp³-hybridized carbons (Fsp3) is 0.240. The molecule has 0 aliphatic carbocycles. The number of likely N-dealkylation sites (N-methyl/N-ethyl adjacent to an activating group) is 1. The molecule has 0 unspecified atom stereocenters. The Morgan fingerprint density at radius 3 is 2.79 bits per heavy atom. The standard InChI is InChI=1S/C25H24N6O2S/c1-16-6-7-19(27-13-16)14-28-24-26-10-8-20(30-24)21-15-34-22(29-21)17-4-3-5-18(12-17)25(33)9-11-31(2)23(25)32/h3-8,10,12-13,15,33H,9,11,14H2,1-2H3,(H,26,28,30)/t25-/m1/s1. The molecule has 3 aromatic heterocycles. The van der Waals surface area contributed by atoms with Gasteiger partial charge in [0.25, 0.3) is 5.91 Å². The molecule has 34 heavy (non-hydrogen) atoms. The van der Waals surface area contributed by atoms with Crippen molar-refractivity contribution in [1.29, 1.82) is 0 Å². The van der Waals surface area contributed by atoms with E-state index in [0.717, 1.165) is 27.5 Å². The lowest BCUT2D eigenvalue weighted by molar-refractivity contribution is -0.143. The van der Waals surface area contributed by atoms with Crippen LogP contribution in [0.15, 0.2) is 60.2 Å². The molecule has 1 aliphatic rings. The van der Waals surface area contributed by atoms with Gasteiger partial charge in [-0.3, -0.25) is 9.78 Å². The highest BCUT2D eigenvalue weighted by molar-refractivity contribution is 7.13. The van der Waals surface area contributed by atoms with Gasteiger partial charge in [0.1, 0.15) is 10.7 Å². The van der Waals surface area contributed by atoms with E-state index in [1.807, 2.05) is 54.9 Å². The van der Waals surface area contributed by atoms with Crippen LogP contribution in [-0.4, -0.2) is 49.4 Å². The van der Waals surface area contributed by atoms with Gasteiger partial charge < -0.3 is 15.3 Å². The van der Waals surface area contributed by atoms with Crippen LogP contribution >= 0.6 is 11.3 Å². The smallest absolute Gasteiger partial charge is 0.258 e. The van der Waals surface area contributed by atoms with Crippen molar-refractivity contribution in [1.82, 2.24) is 24.8 Å². The molecular weight excluding hydrogens is 448 g/mol. The van der Waals surface area contributed by atoms with Crippen molar-refractivity contribution in [3.05, 3.63) is 77.1 Å². The normalized spacial score (nSPS) is 17.9. The maximum atomic E-state index is 12.5. The Labute approximate surface area is 201 Å². The highest BCUT2D eigenvalue weighted by Crippen LogP contribution is 2.36. The number of anilines is 1. The van der Waals surface area contributed by atoms with Gasteiger partial charge >= 0.3 is 0 Å². The molecule has 0 radical (unpaired) electrons. The summed E-state index contributed by atoms with van der Waals surface area (Å²) in [6, 6.07) is 13.2. The quantitative estimate of drug-likeness (QED) is 0.442. The Morgan fingerprint density at radius 1 is 1.15 bits per heavy atom. The van der Waals surface area contributed by atoms with Gasteiger partial charge in [-0.1, -0.05) is 24.3 Å². The summed E-state index contributed by atoms with van der Waals surface area (Å²) < 4.78 is 0. The third kappa shape index (κ3) is 4.27. The van der Waals surface area contributed by atoms with Crippen molar-refractivity contribution < 1.29 is 9.90 Å². The number of aryl methyl sites for hydroxylation is 1. The number of likely N-dealkylation sites (tertiary alicyclic amines) is 1. The van der Waals surface area contributed by atoms with Crippen LogP contribution in [0.3, 0.4) is 0 Å². The van der Waals surface area contributed by atoms with Gasteiger partial charge in [0, 0.05) is 43.4 Å². The van der Waals surface area contributed by atoms with Crippen molar-refractivity contribution in [3.63, 3.8) is 0 Å². The molecule has 0 spiro atoms. The molecule has 0 bridgehead atoms. The van der Waals surface area contributed by atoms with E-state index in [1.165, 1.54) is 11.3 Å². The molecule has 1 atom stereocenters. The summed E-state index contributed by atoms with van der Waals surface area (Å²) in [5, 5.41) is 16.9. The fourth-order valence-electron chi connectivity index (χ4n) is 3.91. The van der Waals surface area contributed by atoms with E-state index < -0.39 is 5.60 Å². The molecule has 1 aromatic carbocycles. The van der Waals surface area contributed by atoms with E-state index in [-0.39, 0.29) is 5.91 Å². The number of rotatable bonds is 6. The molecule has 5 rings (SSSR count). The largest absolute Gasteiger partial charge is 0.375 e. The predicted molar refractivity (Wildman–Crippen MR) is 131 cm³/mol. The first kappa shape index (κ1) is 22.1. The third-order valence-corrected chi connectivity index (χ3v) is 6.81. The second-order valence-electron chi connectivity index (χ2n) is 8.40. The minimum atomic E-state index is -1.48. The van der Waals surface area contributed by atoms with Crippen LogP contribution in [0.1, 0.15) is 23.2 Å². The Bertz CT molecular complexity index is 1340. The Morgan fingerprint density at radius 2 is 2.03 bits per heavy atom. The maximum Gasteiger partial charge on any atom is 0.258 e. The minimum absolute atomic E-state index is 0.272. The van der Waals surface area contributed by atoms with Gasteiger partial charge in [-0.2, -0.15) is 0 Å². The summed E-state index contributed by atoms with van der Waals surface area (Å²) in [6.07, 6.45) is 3.91. The molecule has 1 aliphatic heterocycles. The van der Waals surface area contributed by atoms with Crippen molar-refractivity contribution in [2.24, 2.45) is 0 Å². The number of carbonyl (C=O) groups excluding carboxylic acids is 1. The summed E-state index contributed by atoms with van der Waals surface area (Å²) in [4.78, 5) is 32.1. The monoisotopic (exact) mass is 472 g/mol. The molecule has 0 saturated carbocycles. The van der Waals surface area contributed by atoms with Crippen LogP contribution < -0.4 is 5.32 Å². The van der Waals surface area contributed by atoms with Crippen LogP contribution in [0.2, 0.25) is 0 Å². The number of hydrogen-bond donors (Lipinski definition) is 2. The number of nitrogens with zero attached hydrogens (tertiary/aromatic N) is 5. The maximum absolute atomic E-state index is 12.5. The lowest BCUT2D eigenvalue weighted by Crippen LogP contribution is -2.36. The Kier molecular flexibility index (Phi) is 5.80. The van der Waals surface area contributed by atoms with Crippen molar-refractivity contribution in [2.45, 2.75) is 25.5 Å². The molecule has 8 nitrogen and oxygen atoms in total. The number of thiazole rings is 1. The van der Waals surface area contributed by atoms with Gasteiger partial charge in [-0.05, 0) is 36.2 Å². The van der Waals surface area contributed by atoms with Crippen LogP contribution in [0.25, 0.3) is 22.0 Å². The number of pyridine rings is 1. The topological polar surface area (TPSA) is 104 Å². The molecular formula is C25H24N6O2S. The molecule has 4 heterocycles. The van der Waals surface area contributed by atoms with Crippen molar-refractivity contribution in [2.75, 3.05) is 18.9 Å². The average Bonchev–Trinajstić information content (AvgIpc) is 3.46. The molecule has 1 fully saturated rings. The molecule has 1 saturated heterocycles. The highest BCUT2D eigenvalue weighted by Gasteiger charge is 2.45. The van der Waals surface area contributed by atoms with Crippen LogP contribution in [-0.2, 0) is 16.9 Å². The first-order chi connectivity index (χ1) is 16.4. The highest BCUT2D eigenvalue weighted by atomic mass is 32.1. The summed E-state index contributed by atoms with van der Waals surface area (Å²) in [5.41, 5.74) is 3.42. The first-order valence-corrected chi connectivity index (χ1v) is 11.8. The van der Waals surface area contributed by atoms with Gasteiger partial charge in [-0.15, -0.1) is 11.3 Å². The van der Waals surface area contributed by atoms with Crippen LogP contribution in [0, 0.1) is 6.92 Å². The fourth-order valence-corrected chi connectivity index (χ4v) is 4.72. The summed E-state index contributed by atoms with van der Waals surface area (Å²) in [6.45, 7) is 3.06. The first-order valence-electron chi connectivity index (χ1n) is 11.0. The molecule has 9 heteroatoms. The number of nitrogens with one attached hydrogen (secondary N) is 1. The second kappa shape index (κ2) is 8.92. The van der Waals surface area contributed by atoms with E-state index in [1.54, 1.807) is 24.2 Å². The lowest BCUT2D eigenvalue weighted by atomic mass is 9.91. The number of aliphatic hydroxyl groups is 1. The van der Waals surface area contributed by atoms with Gasteiger partial charge in [0.15, 0.2) is 5.60 Å². The Hall–Kier alpha value is -3.69. The molecule has 2 N–H and O–H groups in total.